The van der Waals surface area contributed by atoms with Gasteiger partial charge in [0.25, 0.3) is 5.91 Å². The van der Waals surface area contributed by atoms with Crippen LogP contribution in [0.5, 0.6) is 5.75 Å². The maximum absolute atomic E-state index is 14.1. The summed E-state index contributed by atoms with van der Waals surface area (Å²) in [6.07, 6.45) is 6.95. The fourth-order valence-corrected chi connectivity index (χ4v) is 3.09. The highest BCUT2D eigenvalue weighted by Crippen LogP contribution is 2.18. The number of likely N-dealkylation sites (tertiary alicyclic amines) is 1. The van der Waals surface area contributed by atoms with Gasteiger partial charge in [0.05, 0.1) is 5.70 Å². The highest BCUT2D eigenvalue weighted by molar-refractivity contribution is 5.96. The molecule has 4 N–H and O–H groups in total. The van der Waals surface area contributed by atoms with E-state index < -0.39 is 11.7 Å². The molecule has 0 aliphatic carbocycles. The van der Waals surface area contributed by atoms with Gasteiger partial charge in [-0.3, -0.25) is 4.79 Å². The predicted octanol–water partition coefficient (Wildman–Crippen LogP) is 2.23. The molecule has 7 heteroatoms. The maximum atomic E-state index is 14.1. The molecule has 1 aliphatic rings. The molecular formula is C19H27FN4O2. The quantitative estimate of drug-likeness (QED) is 0.512. The number of nitrogens with zero attached hydrogens (tertiary/aromatic N) is 2. The SMILES string of the molecule is N=C/C=C(\N)C(=O)N(CCN1CCCCCC1)Cc1ccc(O)cc1F. The van der Waals surface area contributed by atoms with Crippen LogP contribution in [0.25, 0.3) is 0 Å². The first-order valence-electron chi connectivity index (χ1n) is 8.96. The second kappa shape index (κ2) is 9.91. The van der Waals surface area contributed by atoms with Crippen molar-refractivity contribution < 1.29 is 14.3 Å². The van der Waals surface area contributed by atoms with E-state index in [0.717, 1.165) is 38.2 Å². The lowest BCUT2D eigenvalue weighted by atomic mass is 10.1. The Bertz CT molecular complexity index is 655. The number of carbonyl (C=O) groups is 1. The van der Waals surface area contributed by atoms with Gasteiger partial charge in [-0.15, -0.1) is 0 Å². The summed E-state index contributed by atoms with van der Waals surface area (Å²) in [5, 5.41) is 16.4. The molecule has 0 saturated carbocycles. The van der Waals surface area contributed by atoms with Gasteiger partial charge >= 0.3 is 0 Å². The van der Waals surface area contributed by atoms with Crippen molar-refractivity contribution in [2.24, 2.45) is 5.73 Å². The number of amides is 1. The Morgan fingerprint density at radius 3 is 2.62 bits per heavy atom. The summed E-state index contributed by atoms with van der Waals surface area (Å²) in [5.41, 5.74) is 6.02. The summed E-state index contributed by atoms with van der Waals surface area (Å²) in [6, 6.07) is 3.89. The van der Waals surface area contributed by atoms with Gasteiger partial charge in [-0.1, -0.05) is 18.9 Å². The zero-order chi connectivity index (χ0) is 18.9. The number of rotatable bonds is 7. The van der Waals surface area contributed by atoms with Crippen LogP contribution in [0.2, 0.25) is 0 Å². The van der Waals surface area contributed by atoms with E-state index in [1.807, 2.05) is 0 Å². The number of benzene rings is 1. The average Bonchev–Trinajstić information content (AvgIpc) is 2.88. The number of nitrogens with one attached hydrogen (secondary N) is 1. The summed E-state index contributed by atoms with van der Waals surface area (Å²) in [6.45, 7) is 3.18. The molecule has 1 amide bonds. The minimum atomic E-state index is -0.563. The van der Waals surface area contributed by atoms with Gasteiger partial charge in [-0.25, -0.2) is 4.39 Å². The van der Waals surface area contributed by atoms with Crippen LogP contribution >= 0.6 is 0 Å². The van der Waals surface area contributed by atoms with Crippen molar-refractivity contribution in [3.05, 3.63) is 41.4 Å². The third-order valence-corrected chi connectivity index (χ3v) is 4.58. The second-order valence-electron chi connectivity index (χ2n) is 6.55. The van der Waals surface area contributed by atoms with Crippen molar-refractivity contribution in [1.82, 2.24) is 9.80 Å². The Morgan fingerprint density at radius 1 is 1.31 bits per heavy atom. The first kappa shape index (κ1) is 19.9. The van der Waals surface area contributed by atoms with Crippen LogP contribution < -0.4 is 5.73 Å². The Balaban J connectivity index is 2.11. The summed E-state index contributed by atoms with van der Waals surface area (Å²) < 4.78 is 14.1. The molecule has 142 valence electrons. The molecule has 0 aromatic heterocycles. The Kier molecular flexibility index (Phi) is 7.59. The third-order valence-electron chi connectivity index (χ3n) is 4.58. The Labute approximate surface area is 153 Å². The summed E-state index contributed by atoms with van der Waals surface area (Å²) in [7, 11) is 0. The van der Waals surface area contributed by atoms with Crippen molar-refractivity contribution in [3.8, 4) is 5.75 Å². The molecule has 1 aromatic rings. The number of aromatic hydroxyl groups is 1. The highest BCUT2D eigenvalue weighted by Gasteiger charge is 2.19. The first-order chi connectivity index (χ1) is 12.5. The molecule has 0 bridgehead atoms. The smallest absolute Gasteiger partial charge is 0.270 e. The lowest BCUT2D eigenvalue weighted by Crippen LogP contribution is -2.40. The molecular weight excluding hydrogens is 335 g/mol. The van der Waals surface area contributed by atoms with Crippen molar-refractivity contribution in [3.63, 3.8) is 0 Å². The zero-order valence-electron chi connectivity index (χ0n) is 15.0. The van der Waals surface area contributed by atoms with E-state index in [-0.39, 0.29) is 18.0 Å². The van der Waals surface area contributed by atoms with Crippen LogP contribution in [0.1, 0.15) is 31.2 Å². The normalized spacial score (nSPS) is 16.1. The number of hydrogen-bond donors (Lipinski definition) is 3. The van der Waals surface area contributed by atoms with Crippen LogP contribution in [0.4, 0.5) is 4.39 Å². The van der Waals surface area contributed by atoms with Crippen LogP contribution in [0.3, 0.4) is 0 Å². The monoisotopic (exact) mass is 362 g/mol. The minimum absolute atomic E-state index is 0.0462. The van der Waals surface area contributed by atoms with E-state index in [4.69, 9.17) is 11.1 Å². The van der Waals surface area contributed by atoms with E-state index in [9.17, 15) is 14.3 Å². The van der Waals surface area contributed by atoms with E-state index in [1.165, 1.54) is 36.0 Å². The van der Waals surface area contributed by atoms with E-state index in [0.29, 0.717) is 18.7 Å². The molecule has 26 heavy (non-hydrogen) atoms. The molecule has 0 unspecified atom stereocenters. The molecule has 0 spiro atoms. The van der Waals surface area contributed by atoms with Gasteiger partial charge in [-0.2, -0.15) is 0 Å². The summed E-state index contributed by atoms with van der Waals surface area (Å²) in [4.78, 5) is 16.4. The molecule has 1 aromatic carbocycles. The van der Waals surface area contributed by atoms with Gasteiger partial charge in [0.2, 0.25) is 0 Å². The molecule has 0 radical (unpaired) electrons. The van der Waals surface area contributed by atoms with Gasteiger partial charge in [0.1, 0.15) is 11.6 Å². The topological polar surface area (TPSA) is 93.6 Å². The summed E-state index contributed by atoms with van der Waals surface area (Å²) >= 11 is 0. The van der Waals surface area contributed by atoms with E-state index in [1.54, 1.807) is 0 Å². The van der Waals surface area contributed by atoms with Crippen molar-refractivity contribution in [2.45, 2.75) is 32.2 Å². The molecule has 1 heterocycles. The molecule has 1 aliphatic heterocycles. The first-order valence-corrected chi connectivity index (χ1v) is 8.96. The number of phenols is 1. The fraction of sp³-hybridized carbons (Fsp3) is 0.474. The number of hydrogen-bond acceptors (Lipinski definition) is 5. The third kappa shape index (κ3) is 5.84. The van der Waals surface area contributed by atoms with Crippen molar-refractivity contribution in [1.29, 1.82) is 5.41 Å². The Morgan fingerprint density at radius 2 is 2.00 bits per heavy atom. The number of phenolic OH excluding ortho intramolecular Hbond substituents is 1. The molecule has 0 atom stereocenters. The van der Waals surface area contributed by atoms with Crippen molar-refractivity contribution >= 4 is 12.1 Å². The zero-order valence-corrected chi connectivity index (χ0v) is 15.0. The van der Waals surface area contributed by atoms with E-state index >= 15 is 0 Å². The van der Waals surface area contributed by atoms with E-state index in [2.05, 4.69) is 4.90 Å². The number of carbonyl (C=O) groups excluding carboxylic acids is 1. The van der Waals surface area contributed by atoms with Gasteiger partial charge in [0.15, 0.2) is 0 Å². The standard InChI is InChI=1S/C19H27FN4O2/c20-17-13-16(25)6-5-15(17)14-24(19(26)18(22)7-8-21)12-11-23-9-3-1-2-4-10-23/h5-8,13,21,25H,1-4,9-12,14,22H2/b18-7-,21-8?. The van der Waals surface area contributed by atoms with Crippen LogP contribution in [0.15, 0.2) is 30.0 Å². The van der Waals surface area contributed by atoms with Crippen LogP contribution in [-0.2, 0) is 11.3 Å². The number of nitrogens with two attached hydrogens (primary N) is 1. The van der Waals surface area contributed by atoms with Gasteiger partial charge in [-0.05, 0) is 38.1 Å². The number of allylic oxidation sites excluding steroid dienone is 1. The fourth-order valence-electron chi connectivity index (χ4n) is 3.09. The second-order valence-corrected chi connectivity index (χ2v) is 6.55. The summed E-state index contributed by atoms with van der Waals surface area (Å²) in [5.74, 6) is -1.14. The molecule has 6 nitrogen and oxygen atoms in total. The van der Waals surface area contributed by atoms with Gasteiger partial charge < -0.3 is 26.0 Å². The molecule has 1 fully saturated rings. The lowest BCUT2D eigenvalue weighted by Gasteiger charge is -2.27. The maximum Gasteiger partial charge on any atom is 0.270 e. The Hall–Kier alpha value is -2.41. The van der Waals surface area contributed by atoms with Crippen molar-refractivity contribution in [2.75, 3.05) is 26.2 Å². The average molecular weight is 362 g/mol. The predicted molar refractivity (Wildman–Crippen MR) is 99.4 cm³/mol. The highest BCUT2D eigenvalue weighted by atomic mass is 19.1. The van der Waals surface area contributed by atoms with Crippen LogP contribution in [0, 0.1) is 11.2 Å². The number of halogens is 1. The van der Waals surface area contributed by atoms with Gasteiger partial charge in [0, 0.05) is 37.5 Å². The van der Waals surface area contributed by atoms with Crippen LogP contribution in [-0.4, -0.2) is 53.2 Å². The largest absolute Gasteiger partial charge is 0.508 e. The molecule has 1 saturated heterocycles. The molecule has 2 rings (SSSR count). The lowest BCUT2D eigenvalue weighted by molar-refractivity contribution is -0.128. The minimum Gasteiger partial charge on any atom is -0.508 e.